The van der Waals surface area contributed by atoms with Crippen LogP contribution in [-0.4, -0.2) is 33.6 Å². The largest absolute Gasteiger partial charge is 0.393 e. The lowest BCUT2D eigenvalue weighted by Gasteiger charge is -2.67. The molecular formula is C28H50O3. The van der Waals surface area contributed by atoms with Gasteiger partial charge in [-0.15, -0.1) is 0 Å². The lowest BCUT2D eigenvalue weighted by Crippen LogP contribution is -2.65. The molecule has 0 aliphatic heterocycles. The average Bonchev–Trinajstić information content (AvgIpc) is 3.02. The van der Waals surface area contributed by atoms with Crippen LogP contribution < -0.4 is 0 Å². The van der Waals surface area contributed by atoms with Crippen molar-refractivity contribution in [1.82, 2.24) is 0 Å². The first kappa shape index (κ1) is 24.0. The molecule has 3 heteroatoms. The quantitative estimate of drug-likeness (QED) is 0.512. The molecular weight excluding hydrogens is 384 g/mol. The van der Waals surface area contributed by atoms with Crippen molar-refractivity contribution in [2.45, 2.75) is 124 Å². The predicted molar refractivity (Wildman–Crippen MR) is 126 cm³/mol. The second-order valence-electron chi connectivity index (χ2n) is 13.5. The zero-order valence-corrected chi connectivity index (χ0v) is 21.1. The van der Waals surface area contributed by atoms with Gasteiger partial charge in [-0.1, -0.05) is 60.8 Å². The van der Waals surface area contributed by atoms with E-state index in [1.165, 1.54) is 32.1 Å². The normalized spacial score (nSPS) is 53.0. The number of hydrogen-bond donors (Lipinski definition) is 3. The first-order valence-corrected chi connectivity index (χ1v) is 13.5. The van der Waals surface area contributed by atoms with E-state index in [4.69, 9.17) is 0 Å². The minimum absolute atomic E-state index is 0.0269. The second kappa shape index (κ2) is 8.27. The van der Waals surface area contributed by atoms with E-state index < -0.39 is 0 Å². The van der Waals surface area contributed by atoms with Crippen LogP contribution in [0.3, 0.4) is 0 Å². The van der Waals surface area contributed by atoms with Gasteiger partial charge in [0.25, 0.3) is 0 Å². The summed E-state index contributed by atoms with van der Waals surface area (Å²) >= 11 is 0. The molecule has 11 atom stereocenters. The van der Waals surface area contributed by atoms with Crippen molar-refractivity contribution in [2.24, 2.45) is 51.8 Å². The summed E-state index contributed by atoms with van der Waals surface area (Å²) in [6.07, 6.45) is 9.81. The smallest absolute Gasteiger partial charge is 0.0602 e. The standard InChI is InChI=1S/C28H50O3/c1-17(2)8-7-9-18(3)20-10-11-21-25-22(14-24(31)28(20,21)6)27(5)13-12-19(29)15-26(27,4)16-23(25)30/h17-25,29-31H,7-16H2,1-6H3/t18-,19-,20-,21?,22?,23?,24+,25?,26-,27-,28-/m1/s1. The number of aliphatic hydroxyl groups is 3. The van der Waals surface area contributed by atoms with Gasteiger partial charge in [-0.3, -0.25) is 0 Å². The SMILES string of the molecule is CC(C)CCC[C@@H](C)[C@H]1CCC2C3C(O)C[C@@]4(C)C[C@H](O)CC[C@]4(C)C3C[C@H](O)[C@@]21C. The van der Waals surface area contributed by atoms with Gasteiger partial charge in [0.1, 0.15) is 0 Å². The second-order valence-corrected chi connectivity index (χ2v) is 13.5. The van der Waals surface area contributed by atoms with E-state index in [9.17, 15) is 15.3 Å². The molecule has 4 fully saturated rings. The van der Waals surface area contributed by atoms with Crippen molar-refractivity contribution in [2.75, 3.05) is 0 Å². The molecule has 0 bridgehead atoms. The van der Waals surface area contributed by atoms with E-state index in [2.05, 4.69) is 41.5 Å². The van der Waals surface area contributed by atoms with Gasteiger partial charge in [-0.2, -0.15) is 0 Å². The fourth-order valence-electron chi connectivity index (χ4n) is 9.63. The molecule has 0 heterocycles. The van der Waals surface area contributed by atoms with Crippen LogP contribution in [-0.2, 0) is 0 Å². The molecule has 0 saturated heterocycles. The van der Waals surface area contributed by atoms with E-state index >= 15 is 0 Å². The first-order valence-electron chi connectivity index (χ1n) is 13.5. The molecule has 4 aliphatic rings. The van der Waals surface area contributed by atoms with Crippen LogP contribution in [0, 0.1) is 51.8 Å². The number of hydrogen-bond acceptors (Lipinski definition) is 3. The number of rotatable bonds is 5. The summed E-state index contributed by atoms with van der Waals surface area (Å²) in [5.74, 6) is 3.10. The first-order chi connectivity index (χ1) is 14.4. The third-order valence-electron chi connectivity index (χ3n) is 11.6. The highest BCUT2D eigenvalue weighted by Gasteiger charge is 2.68. The van der Waals surface area contributed by atoms with Crippen LogP contribution in [0.1, 0.15) is 106 Å². The third kappa shape index (κ3) is 3.64. The molecule has 4 saturated carbocycles. The predicted octanol–water partition coefficient (Wildman–Crippen LogP) is 5.80. The maximum absolute atomic E-state index is 11.7. The van der Waals surface area contributed by atoms with Crippen LogP contribution in [0.5, 0.6) is 0 Å². The third-order valence-corrected chi connectivity index (χ3v) is 11.6. The van der Waals surface area contributed by atoms with Crippen LogP contribution in [0.25, 0.3) is 0 Å². The van der Waals surface area contributed by atoms with Gasteiger partial charge in [-0.25, -0.2) is 0 Å². The van der Waals surface area contributed by atoms with Gasteiger partial charge in [0.05, 0.1) is 18.3 Å². The number of aliphatic hydroxyl groups excluding tert-OH is 3. The van der Waals surface area contributed by atoms with Gasteiger partial charge in [0.2, 0.25) is 0 Å². The summed E-state index contributed by atoms with van der Waals surface area (Å²) < 4.78 is 0. The van der Waals surface area contributed by atoms with Crippen LogP contribution >= 0.6 is 0 Å². The van der Waals surface area contributed by atoms with Gasteiger partial charge < -0.3 is 15.3 Å². The van der Waals surface area contributed by atoms with Gasteiger partial charge in [0, 0.05) is 0 Å². The zero-order chi connectivity index (χ0) is 22.8. The Bertz CT molecular complexity index is 648. The van der Waals surface area contributed by atoms with Gasteiger partial charge >= 0.3 is 0 Å². The molecule has 0 radical (unpaired) electrons. The summed E-state index contributed by atoms with van der Waals surface area (Å²) in [7, 11) is 0. The van der Waals surface area contributed by atoms with Crippen molar-refractivity contribution in [3.8, 4) is 0 Å². The molecule has 3 nitrogen and oxygen atoms in total. The zero-order valence-electron chi connectivity index (χ0n) is 21.1. The Kier molecular flexibility index (Phi) is 6.41. The van der Waals surface area contributed by atoms with E-state index in [0.29, 0.717) is 29.6 Å². The Balaban J connectivity index is 1.59. The highest BCUT2D eigenvalue weighted by molar-refractivity contribution is 5.16. The van der Waals surface area contributed by atoms with Crippen LogP contribution in [0.15, 0.2) is 0 Å². The van der Waals surface area contributed by atoms with E-state index in [1.54, 1.807) is 0 Å². The van der Waals surface area contributed by atoms with E-state index in [1.807, 2.05) is 0 Å². The summed E-state index contributed by atoms with van der Waals surface area (Å²) in [5.41, 5.74) is 0.0257. The molecule has 3 N–H and O–H groups in total. The maximum Gasteiger partial charge on any atom is 0.0602 e. The maximum atomic E-state index is 11.7. The molecule has 4 unspecified atom stereocenters. The highest BCUT2D eigenvalue weighted by atomic mass is 16.3. The number of fused-ring (bicyclic) bond motifs is 5. The molecule has 0 aromatic heterocycles. The Morgan fingerprint density at radius 2 is 1.58 bits per heavy atom. The summed E-state index contributed by atoms with van der Waals surface area (Å²) in [4.78, 5) is 0. The minimum atomic E-state index is -0.291. The Morgan fingerprint density at radius 1 is 0.871 bits per heavy atom. The van der Waals surface area contributed by atoms with Crippen molar-refractivity contribution >= 4 is 0 Å². The van der Waals surface area contributed by atoms with Crippen molar-refractivity contribution < 1.29 is 15.3 Å². The van der Waals surface area contributed by atoms with E-state index in [-0.39, 0.29) is 34.6 Å². The van der Waals surface area contributed by atoms with Crippen molar-refractivity contribution in [3.63, 3.8) is 0 Å². The Hall–Kier alpha value is -0.120. The van der Waals surface area contributed by atoms with Crippen molar-refractivity contribution in [3.05, 3.63) is 0 Å². The van der Waals surface area contributed by atoms with Crippen LogP contribution in [0.2, 0.25) is 0 Å². The minimum Gasteiger partial charge on any atom is -0.393 e. The fraction of sp³-hybridized carbons (Fsp3) is 1.00. The monoisotopic (exact) mass is 434 g/mol. The van der Waals surface area contributed by atoms with Crippen molar-refractivity contribution in [1.29, 1.82) is 0 Å². The fourth-order valence-corrected chi connectivity index (χ4v) is 9.63. The van der Waals surface area contributed by atoms with Gasteiger partial charge in [-0.05, 0) is 96.7 Å². The lowest BCUT2D eigenvalue weighted by molar-refractivity contribution is -0.233. The molecule has 180 valence electrons. The average molecular weight is 435 g/mol. The highest BCUT2D eigenvalue weighted by Crippen LogP contribution is 2.71. The molecule has 31 heavy (non-hydrogen) atoms. The molecule has 0 aromatic rings. The molecule has 4 aliphatic carbocycles. The molecule has 0 amide bonds. The topological polar surface area (TPSA) is 60.7 Å². The van der Waals surface area contributed by atoms with Crippen LogP contribution in [0.4, 0.5) is 0 Å². The van der Waals surface area contributed by atoms with E-state index in [0.717, 1.165) is 38.0 Å². The summed E-state index contributed by atoms with van der Waals surface area (Å²) in [6.45, 7) is 14.2. The lowest BCUT2D eigenvalue weighted by atomic mass is 9.39. The summed E-state index contributed by atoms with van der Waals surface area (Å²) in [5, 5.41) is 33.7. The Morgan fingerprint density at radius 3 is 2.26 bits per heavy atom. The molecule has 0 spiro atoms. The Labute approximate surface area is 191 Å². The molecule has 0 aromatic carbocycles. The summed E-state index contributed by atoms with van der Waals surface area (Å²) in [6, 6.07) is 0. The van der Waals surface area contributed by atoms with Gasteiger partial charge in [0.15, 0.2) is 0 Å². The molecule has 4 rings (SSSR count).